The highest BCUT2D eigenvalue weighted by atomic mass is 19.1. The van der Waals surface area contributed by atoms with Gasteiger partial charge in [-0.05, 0) is 30.7 Å². The van der Waals surface area contributed by atoms with Gasteiger partial charge in [0, 0.05) is 19.2 Å². The average Bonchev–Trinajstić information content (AvgIpc) is 2.74. The molecule has 4 nitrogen and oxygen atoms in total. The molecule has 0 aliphatic heterocycles. The highest BCUT2D eigenvalue weighted by Crippen LogP contribution is 2.21. The predicted octanol–water partition coefficient (Wildman–Crippen LogP) is 2.04. The fraction of sp³-hybridized carbons (Fsp3) is 0.333. The number of rotatable bonds is 4. The topological polar surface area (TPSA) is 39.9 Å². The average molecular weight is 235 g/mol. The van der Waals surface area contributed by atoms with Gasteiger partial charge < -0.3 is 9.30 Å². The summed E-state index contributed by atoms with van der Waals surface area (Å²) >= 11 is 0. The van der Waals surface area contributed by atoms with Crippen LogP contribution in [0.25, 0.3) is 11.4 Å². The van der Waals surface area contributed by atoms with Crippen LogP contribution in [0.15, 0.2) is 24.5 Å². The Hall–Kier alpha value is -1.75. The van der Waals surface area contributed by atoms with Gasteiger partial charge in [0.05, 0.1) is 6.61 Å². The fourth-order valence-corrected chi connectivity index (χ4v) is 1.69. The second-order valence-electron chi connectivity index (χ2n) is 3.80. The van der Waals surface area contributed by atoms with Gasteiger partial charge in [0.25, 0.3) is 0 Å². The minimum atomic E-state index is -0.241. The molecule has 5 heteroatoms. The lowest BCUT2D eigenvalue weighted by Gasteiger charge is -2.08. The maximum atomic E-state index is 13.0. The van der Waals surface area contributed by atoms with Gasteiger partial charge in [-0.3, -0.25) is 0 Å². The van der Waals surface area contributed by atoms with E-state index in [1.165, 1.54) is 12.1 Å². The van der Waals surface area contributed by atoms with Gasteiger partial charge in [0.15, 0.2) is 5.82 Å². The number of hydrogen-bond donors (Lipinski definition) is 0. The minimum absolute atomic E-state index is 0.241. The molecule has 0 saturated heterocycles. The van der Waals surface area contributed by atoms with Crippen molar-refractivity contribution in [2.24, 2.45) is 0 Å². The molecule has 1 heterocycles. The molecule has 1 aromatic carbocycles. The number of ether oxygens (including phenoxy) is 1. The molecule has 0 spiro atoms. The number of benzene rings is 1. The van der Waals surface area contributed by atoms with E-state index in [4.69, 9.17) is 4.74 Å². The number of hydrogen-bond acceptors (Lipinski definition) is 3. The maximum Gasteiger partial charge on any atom is 0.164 e. The van der Waals surface area contributed by atoms with E-state index in [9.17, 15) is 4.39 Å². The van der Waals surface area contributed by atoms with Crippen LogP contribution in [-0.2, 0) is 11.3 Å². The second-order valence-corrected chi connectivity index (χ2v) is 3.80. The summed E-state index contributed by atoms with van der Waals surface area (Å²) in [6.07, 6.45) is 1.65. The molecule has 0 fully saturated rings. The van der Waals surface area contributed by atoms with Crippen molar-refractivity contribution in [2.45, 2.75) is 13.5 Å². The van der Waals surface area contributed by atoms with Gasteiger partial charge in [0.1, 0.15) is 12.1 Å². The van der Waals surface area contributed by atoms with Crippen molar-refractivity contribution < 1.29 is 9.13 Å². The summed E-state index contributed by atoms with van der Waals surface area (Å²) < 4.78 is 19.9. The molecule has 0 radical (unpaired) electrons. The number of aryl methyl sites for hydroxylation is 1. The minimum Gasteiger partial charge on any atom is -0.383 e. The van der Waals surface area contributed by atoms with Crippen LogP contribution in [0.3, 0.4) is 0 Å². The Kier molecular flexibility index (Phi) is 3.49. The molecule has 90 valence electrons. The van der Waals surface area contributed by atoms with Crippen molar-refractivity contribution >= 4 is 0 Å². The molecule has 17 heavy (non-hydrogen) atoms. The number of methoxy groups -OCH3 is 1. The molecule has 2 rings (SSSR count). The molecule has 1 aromatic heterocycles. The molecular weight excluding hydrogens is 221 g/mol. The monoisotopic (exact) mass is 235 g/mol. The Balaban J connectivity index is 2.35. The first kappa shape index (κ1) is 11.7. The second kappa shape index (κ2) is 5.05. The standard InChI is InChI=1S/C12H14FN3O/c1-9-7-10(13)3-4-11(9)12-15-14-8-16(12)5-6-17-2/h3-4,7-8H,5-6H2,1-2H3. The first-order chi connectivity index (χ1) is 8.22. The molecule has 0 aliphatic carbocycles. The normalized spacial score (nSPS) is 10.8. The largest absolute Gasteiger partial charge is 0.383 e. The fourth-order valence-electron chi connectivity index (χ4n) is 1.69. The highest BCUT2D eigenvalue weighted by Gasteiger charge is 2.10. The molecule has 0 unspecified atom stereocenters. The van der Waals surface area contributed by atoms with Crippen LogP contribution in [0, 0.1) is 12.7 Å². The van der Waals surface area contributed by atoms with E-state index >= 15 is 0 Å². The summed E-state index contributed by atoms with van der Waals surface area (Å²) in [4.78, 5) is 0. The lowest BCUT2D eigenvalue weighted by atomic mass is 10.1. The zero-order chi connectivity index (χ0) is 12.3. The maximum absolute atomic E-state index is 13.0. The van der Waals surface area contributed by atoms with Crippen LogP contribution in [0.4, 0.5) is 4.39 Å². The van der Waals surface area contributed by atoms with Crippen LogP contribution < -0.4 is 0 Å². The zero-order valence-corrected chi connectivity index (χ0v) is 9.85. The molecule has 2 aromatic rings. The summed E-state index contributed by atoms with van der Waals surface area (Å²) in [5, 5.41) is 7.94. The van der Waals surface area contributed by atoms with Crippen LogP contribution in [0.1, 0.15) is 5.56 Å². The van der Waals surface area contributed by atoms with Crippen LogP contribution in [0.2, 0.25) is 0 Å². The number of halogens is 1. The Labute approximate surface area is 99.1 Å². The van der Waals surface area contributed by atoms with Gasteiger partial charge >= 0.3 is 0 Å². The molecule has 0 saturated carbocycles. The van der Waals surface area contributed by atoms with E-state index in [-0.39, 0.29) is 5.82 Å². The Bertz CT molecular complexity index is 510. The number of aromatic nitrogens is 3. The van der Waals surface area contributed by atoms with Gasteiger partial charge in [-0.2, -0.15) is 0 Å². The van der Waals surface area contributed by atoms with Crippen molar-refractivity contribution in [1.82, 2.24) is 14.8 Å². The smallest absolute Gasteiger partial charge is 0.164 e. The first-order valence-electron chi connectivity index (χ1n) is 5.35. The molecule has 0 bridgehead atoms. The molecule has 0 atom stereocenters. The third kappa shape index (κ3) is 2.50. The summed E-state index contributed by atoms with van der Waals surface area (Å²) in [5.41, 5.74) is 1.73. The van der Waals surface area contributed by atoms with Gasteiger partial charge in [0.2, 0.25) is 0 Å². The van der Waals surface area contributed by atoms with Crippen molar-refractivity contribution in [3.05, 3.63) is 35.9 Å². The van der Waals surface area contributed by atoms with Crippen LogP contribution in [-0.4, -0.2) is 28.5 Å². The highest BCUT2D eigenvalue weighted by molar-refractivity contribution is 5.59. The summed E-state index contributed by atoms with van der Waals surface area (Å²) in [7, 11) is 1.65. The Morgan fingerprint density at radius 2 is 2.24 bits per heavy atom. The third-order valence-electron chi connectivity index (χ3n) is 2.58. The van der Waals surface area contributed by atoms with E-state index < -0.39 is 0 Å². The first-order valence-corrected chi connectivity index (χ1v) is 5.35. The van der Waals surface area contributed by atoms with Crippen molar-refractivity contribution in [3.63, 3.8) is 0 Å². The zero-order valence-electron chi connectivity index (χ0n) is 9.85. The lowest BCUT2D eigenvalue weighted by molar-refractivity contribution is 0.187. The molecular formula is C12H14FN3O. The Morgan fingerprint density at radius 1 is 1.41 bits per heavy atom. The van der Waals surface area contributed by atoms with Gasteiger partial charge in [-0.1, -0.05) is 0 Å². The lowest BCUT2D eigenvalue weighted by Crippen LogP contribution is -2.05. The summed E-state index contributed by atoms with van der Waals surface area (Å²) in [6, 6.07) is 4.64. The molecule has 0 amide bonds. The molecule has 0 aliphatic rings. The summed E-state index contributed by atoms with van der Waals surface area (Å²) in [5.74, 6) is 0.494. The number of nitrogens with zero attached hydrogens (tertiary/aromatic N) is 3. The van der Waals surface area contributed by atoms with Crippen LogP contribution >= 0.6 is 0 Å². The SMILES string of the molecule is COCCn1cnnc1-c1ccc(F)cc1C. The summed E-state index contributed by atoms with van der Waals surface area (Å²) in [6.45, 7) is 3.12. The van der Waals surface area contributed by atoms with Crippen molar-refractivity contribution in [2.75, 3.05) is 13.7 Å². The van der Waals surface area contributed by atoms with Crippen LogP contribution in [0.5, 0.6) is 0 Å². The van der Waals surface area contributed by atoms with Crippen molar-refractivity contribution in [3.8, 4) is 11.4 Å². The third-order valence-corrected chi connectivity index (χ3v) is 2.58. The Morgan fingerprint density at radius 3 is 2.94 bits per heavy atom. The predicted molar refractivity (Wildman–Crippen MR) is 62.0 cm³/mol. The van der Waals surface area contributed by atoms with E-state index in [0.717, 1.165) is 17.0 Å². The molecule has 0 N–H and O–H groups in total. The van der Waals surface area contributed by atoms with E-state index in [1.54, 1.807) is 19.5 Å². The van der Waals surface area contributed by atoms with E-state index in [0.29, 0.717) is 13.2 Å². The quantitative estimate of drug-likeness (QED) is 0.814. The van der Waals surface area contributed by atoms with Gasteiger partial charge in [-0.15, -0.1) is 10.2 Å². The van der Waals surface area contributed by atoms with E-state index in [1.807, 2.05) is 11.5 Å². The van der Waals surface area contributed by atoms with E-state index in [2.05, 4.69) is 10.2 Å². The van der Waals surface area contributed by atoms with Gasteiger partial charge in [-0.25, -0.2) is 4.39 Å². The van der Waals surface area contributed by atoms with Crippen molar-refractivity contribution in [1.29, 1.82) is 0 Å².